The van der Waals surface area contributed by atoms with E-state index in [2.05, 4.69) is 34.7 Å². The zero-order chi connectivity index (χ0) is 14.5. The topological polar surface area (TPSA) is 66.9 Å². The van der Waals surface area contributed by atoms with Crippen molar-refractivity contribution < 1.29 is 4.79 Å². The highest BCUT2D eigenvalue weighted by Crippen LogP contribution is 2.31. The number of nitrogens with zero attached hydrogens (tertiary/aromatic N) is 2. The first kappa shape index (κ1) is 15.6. The molecule has 1 aliphatic carbocycles. The number of thioether (sulfide) groups is 1. The summed E-state index contributed by atoms with van der Waals surface area (Å²) in [5.41, 5.74) is 0. The monoisotopic (exact) mass is 314 g/mol. The van der Waals surface area contributed by atoms with Gasteiger partial charge in [-0.05, 0) is 32.1 Å². The molecule has 0 bridgehead atoms. The average Bonchev–Trinajstić information content (AvgIpc) is 3.08. The number of carbonyl (C=O) groups is 1. The van der Waals surface area contributed by atoms with Crippen molar-refractivity contribution in [1.82, 2.24) is 15.5 Å². The lowest BCUT2D eigenvalue weighted by molar-refractivity contribution is -0.120. The summed E-state index contributed by atoms with van der Waals surface area (Å²) in [6, 6.07) is 0.581. The SMILES string of the molecule is CC(C)CCNC(=O)C(C)Sc1nnc(NC2CC2)s1. The van der Waals surface area contributed by atoms with Crippen molar-refractivity contribution in [2.24, 2.45) is 5.92 Å². The summed E-state index contributed by atoms with van der Waals surface area (Å²) in [5, 5.41) is 15.2. The Bertz CT molecular complexity index is 445. The summed E-state index contributed by atoms with van der Waals surface area (Å²) >= 11 is 3.00. The van der Waals surface area contributed by atoms with Gasteiger partial charge in [0.05, 0.1) is 5.25 Å². The van der Waals surface area contributed by atoms with Crippen molar-refractivity contribution in [3.63, 3.8) is 0 Å². The van der Waals surface area contributed by atoms with Crippen LogP contribution in [0.1, 0.15) is 40.0 Å². The molecule has 20 heavy (non-hydrogen) atoms. The minimum Gasteiger partial charge on any atom is -0.357 e. The smallest absolute Gasteiger partial charge is 0.233 e. The molecule has 112 valence electrons. The third-order valence-electron chi connectivity index (χ3n) is 2.98. The third kappa shape index (κ3) is 5.28. The predicted octanol–water partition coefficient (Wildman–Crippen LogP) is 2.76. The largest absolute Gasteiger partial charge is 0.357 e. The van der Waals surface area contributed by atoms with Gasteiger partial charge in [0.2, 0.25) is 11.0 Å². The zero-order valence-electron chi connectivity index (χ0n) is 12.2. The number of rotatable bonds is 8. The number of anilines is 1. The predicted molar refractivity (Wildman–Crippen MR) is 84.3 cm³/mol. The molecular weight excluding hydrogens is 292 g/mol. The first-order valence-corrected chi connectivity index (χ1v) is 8.78. The normalized spacial score (nSPS) is 16.2. The minimum atomic E-state index is -0.135. The van der Waals surface area contributed by atoms with Gasteiger partial charge in [0.15, 0.2) is 4.34 Å². The molecule has 0 aromatic carbocycles. The lowest BCUT2D eigenvalue weighted by Crippen LogP contribution is -2.32. The summed E-state index contributed by atoms with van der Waals surface area (Å²) in [6.45, 7) is 6.96. The molecule has 2 rings (SSSR count). The highest BCUT2D eigenvalue weighted by Gasteiger charge is 2.23. The van der Waals surface area contributed by atoms with E-state index in [1.165, 1.54) is 35.9 Å². The number of hydrogen-bond donors (Lipinski definition) is 2. The van der Waals surface area contributed by atoms with Gasteiger partial charge in [-0.1, -0.05) is 36.9 Å². The van der Waals surface area contributed by atoms with E-state index in [-0.39, 0.29) is 11.2 Å². The van der Waals surface area contributed by atoms with Crippen LogP contribution in [0.4, 0.5) is 5.13 Å². The van der Waals surface area contributed by atoms with Crippen LogP contribution in [0.3, 0.4) is 0 Å². The van der Waals surface area contributed by atoms with Gasteiger partial charge in [-0.15, -0.1) is 10.2 Å². The quantitative estimate of drug-likeness (QED) is 0.722. The molecular formula is C13H22N4OS2. The fourth-order valence-electron chi connectivity index (χ4n) is 1.55. The molecule has 5 nitrogen and oxygen atoms in total. The van der Waals surface area contributed by atoms with Crippen LogP contribution in [0.5, 0.6) is 0 Å². The van der Waals surface area contributed by atoms with Crippen LogP contribution >= 0.6 is 23.1 Å². The van der Waals surface area contributed by atoms with Crippen molar-refractivity contribution in [3.05, 3.63) is 0 Å². The second kappa shape index (κ2) is 7.26. The summed E-state index contributed by atoms with van der Waals surface area (Å²) in [4.78, 5) is 11.9. The third-order valence-corrected chi connectivity index (χ3v) is 5.02. The molecule has 1 atom stereocenters. The fraction of sp³-hybridized carbons (Fsp3) is 0.769. The number of nitrogens with one attached hydrogen (secondary N) is 2. The molecule has 1 aromatic heterocycles. The molecule has 1 aromatic rings. The van der Waals surface area contributed by atoms with E-state index < -0.39 is 0 Å². The first-order chi connectivity index (χ1) is 9.54. The lowest BCUT2D eigenvalue weighted by Gasteiger charge is -2.11. The van der Waals surface area contributed by atoms with E-state index in [0.717, 1.165) is 22.4 Å². The highest BCUT2D eigenvalue weighted by molar-refractivity contribution is 8.02. The maximum atomic E-state index is 11.9. The first-order valence-electron chi connectivity index (χ1n) is 7.09. The molecule has 0 aliphatic heterocycles. The Morgan fingerprint density at radius 3 is 2.80 bits per heavy atom. The Morgan fingerprint density at radius 2 is 2.15 bits per heavy atom. The molecule has 0 spiro atoms. The maximum Gasteiger partial charge on any atom is 0.233 e. The number of amides is 1. The second-order valence-corrected chi connectivity index (χ2v) is 8.09. The van der Waals surface area contributed by atoms with Gasteiger partial charge in [0.1, 0.15) is 0 Å². The highest BCUT2D eigenvalue weighted by atomic mass is 32.2. The van der Waals surface area contributed by atoms with Crippen molar-refractivity contribution in [3.8, 4) is 0 Å². The average molecular weight is 314 g/mol. The standard InChI is InChI=1S/C13H22N4OS2/c1-8(2)6-7-14-11(18)9(3)19-13-17-16-12(20-13)15-10-4-5-10/h8-10H,4-7H2,1-3H3,(H,14,18)(H,15,16). The Labute approximate surface area is 128 Å². The molecule has 1 unspecified atom stereocenters. The lowest BCUT2D eigenvalue weighted by atomic mass is 10.1. The van der Waals surface area contributed by atoms with Crippen LogP contribution < -0.4 is 10.6 Å². The Morgan fingerprint density at radius 1 is 1.40 bits per heavy atom. The van der Waals surface area contributed by atoms with Crippen LogP contribution in [-0.4, -0.2) is 33.9 Å². The molecule has 0 radical (unpaired) electrons. The summed E-state index contributed by atoms with van der Waals surface area (Å²) in [7, 11) is 0. The maximum absolute atomic E-state index is 11.9. The molecule has 1 amide bonds. The van der Waals surface area contributed by atoms with Crippen molar-refractivity contribution >= 4 is 34.1 Å². The van der Waals surface area contributed by atoms with E-state index >= 15 is 0 Å². The second-order valence-electron chi connectivity index (χ2n) is 5.53. The van der Waals surface area contributed by atoms with Crippen molar-refractivity contribution in [1.29, 1.82) is 0 Å². The van der Waals surface area contributed by atoms with Crippen molar-refractivity contribution in [2.75, 3.05) is 11.9 Å². The van der Waals surface area contributed by atoms with Crippen LogP contribution in [0.15, 0.2) is 4.34 Å². The summed E-state index contributed by atoms with van der Waals surface area (Å²) in [6.07, 6.45) is 3.45. The van der Waals surface area contributed by atoms with E-state index in [9.17, 15) is 4.79 Å². The minimum absolute atomic E-state index is 0.0718. The molecule has 0 saturated heterocycles. The number of hydrogen-bond acceptors (Lipinski definition) is 6. The molecule has 2 N–H and O–H groups in total. The fourth-order valence-corrected chi connectivity index (χ4v) is 3.55. The van der Waals surface area contributed by atoms with Gasteiger partial charge in [-0.2, -0.15) is 0 Å². The Kier molecular flexibility index (Phi) is 5.65. The molecule has 1 fully saturated rings. The summed E-state index contributed by atoms with van der Waals surface area (Å²) < 4.78 is 0.847. The van der Waals surface area contributed by atoms with E-state index in [0.29, 0.717) is 12.0 Å². The van der Waals surface area contributed by atoms with Gasteiger partial charge in [-0.3, -0.25) is 4.79 Å². The van der Waals surface area contributed by atoms with Gasteiger partial charge in [0, 0.05) is 12.6 Å². The van der Waals surface area contributed by atoms with Gasteiger partial charge >= 0.3 is 0 Å². The molecule has 1 saturated carbocycles. The summed E-state index contributed by atoms with van der Waals surface area (Å²) in [5.74, 6) is 0.681. The molecule has 1 heterocycles. The molecule has 1 aliphatic rings. The van der Waals surface area contributed by atoms with Gasteiger partial charge in [-0.25, -0.2) is 0 Å². The van der Waals surface area contributed by atoms with Crippen LogP contribution in [0, 0.1) is 5.92 Å². The van der Waals surface area contributed by atoms with Crippen LogP contribution in [0.25, 0.3) is 0 Å². The van der Waals surface area contributed by atoms with E-state index in [4.69, 9.17) is 0 Å². The van der Waals surface area contributed by atoms with E-state index in [1.54, 1.807) is 0 Å². The van der Waals surface area contributed by atoms with Gasteiger partial charge in [0.25, 0.3) is 0 Å². The van der Waals surface area contributed by atoms with E-state index in [1.807, 2.05) is 6.92 Å². The number of aromatic nitrogens is 2. The Hall–Kier alpha value is -0.820. The van der Waals surface area contributed by atoms with Crippen molar-refractivity contribution in [2.45, 2.75) is 55.7 Å². The molecule has 7 heteroatoms. The van der Waals surface area contributed by atoms with Gasteiger partial charge < -0.3 is 10.6 Å². The Balaban J connectivity index is 1.73. The number of carbonyl (C=O) groups excluding carboxylic acids is 1. The van der Waals surface area contributed by atoms with Crippen LogP contribution in [-0.2, 0) is 4.79 Å². The zero-order valence-corrected chi connectivity index (χ0v) is 13.8. The van der Waals surface area contributed by atoms with Crippen LogP contribution in [0.2, 0.25) is 0 Å².